The summed E-state index contributed by atoms with van der Waals surface area (Å²) in [4.78, 5) is 29.8. The van der Waals surface area contributed by atoms with Crippen LogP contribution in [-0.4, -0.2) is 74.6 Å². The summed E-state index contributed by atoms with van der Waals surface area (Å²) in [6.45, 7) is 5.52. The van der Waals surface area contributed by atoms with E-state index in [2.05, 4.69) is 13.8 Å². The normalized spacial score (nSPS) is 17.4. The zero-order chi connectivity index (χ0) is 25.7. The standard InChI is InChI=1S/C27H34N2O6/c1-17(2)16-35-19-9-7-18(8-10-19)25(30)23-24(21-15-20(33-5)11-12-22(21)34-6)29(14-13-28(3)4)27(32)26(23)31/h7-12,15,17,24,30H,13-14,16H2,1-6H3/b25-23-. The molecule has 1 heterocycles. The van der Waals surface area contributed by atoms with E-state index in [0.717, 1.165) is 0 Å². The summed E-state index contributed by atoms with van der Waals surface area (Å²) in [5.41, 5.74) is 0.985. The number of nitrogens with zero attached hydrogens (tertiary/aromatic N) is 2. The molecule has 1 unspecified atom stereocenters. The lowest BCUT2D eigenvalue weighted by atomic mass is 9.94. The van der Waals surface area contributed by atoms with Crippen molar-refractivity contribution in [2.75, 3.05) is 48.0 Å². The second kappa shape index (κ2) is 11.3. The number of hydrogen-bond donors (Lipinski definition) is 1. The number of ketones is 1. The third-order valence-corrected chi connectivity index (χ3v) is 5.77. The van der Waals surface area contributed by atoms with Gasteiger partial charge in [0, 0.05) is 24.2 Å². The summed E-state index contributed by atoms with van der Waals surface area (Å²) in [6, 6.07) is 11.2. The molecule has 0 aromatic heterocycles. The van der Waals surface area contributed by atoms with Crippen LogP contribution in [0.3, 0.4) is 0 Å². The average molecular weight is 483 g/mol. The quantitative estimate of drug-likeness (QED) is 0.314. The first-order chi connectivity index (χ1) is 16.7. The van der Waals surface area contributed by atoms with Crippen molar-refractivity contribution < 1.29 is 28.9 Å². The molecule has 8 nitrogen and oxygen atoms in total. The maximum atomic E-state index is 13.2. The minimum absolute atomic E-state index is 0.0103. The highest BCUT2D eigenvalue weighted by Gasteiger charge is 2.47. The molecule has 8 heteroatoms. The van der Waals surface area contributed by atoms with E-state index in [1.807, 2.05) is 19.0 Å². The van der Waals surface area contributed by atoms with Gasteiger partial charge < -0.3 is 29.1 Å². The summed E-state index contributed by atoms with van der Waals surface area (Å²) in [7, 11) is 6.84. The van der Waals surface area contributed by atoms with Crippen LogP contribution in [-0.2, 0) is 9.59 Å². The van der Waals surface area contributed by atoms with Gasteiger partial charge in [-0.05, 0) is 62.5 Å². The van der Waals surface area contributed by atoms with Crippen LogP contribution in [0.15, 0.2) is 48.0 Å². The van der Waals surface area contributed by atoms with Gasteiger partial charge in [-0.2, -0.15) is 0 Å². The minimum Gasteiger partial charge on any atom is -0.507 e. The van der Waals surface area contributed by atoms with Gasteiger partial charge in [0.2, 0.25) is 0 Å². The van der Waals surface area contributed by atoms with E-state index in [0.29, 0.717) is 54.0 Å². The van der Waals surface area contributed by atoms with E-state index < -0.39 is 17.7 Å². The van der Waals surface area contributed by atoms with E-state index in [9.17, 15) is 14.7 Å². The number of carbonyl (C=O) groups is 2. The lowest BCUT2D eigenvalue weighted by molar-refractivity contribution is -0.140. The third-order valence-electron chi connectivity index (χ3n) is 5.77. The topological polar surface area (TPSA) is 88.5 Å². The number of aliphatic hydroxyl groups excluding tert-OH is 1. The van der Waals surface area contributed by atoms with E-state index in [4.69, 9.17) is 14.2 Å². The van der Waals surface area contributed by atoms with Crippen molar-refractivity contribution in [1.82, 2.24) is 9.80 Å². The van der Waals surface area contributed by atoms with Crippen molar-refractivity contribution in [3.05, 3.63) is 59.2 Å². The number of aliphatic hydroxyl groups is 1. The van der Waals surface area contributed by atoms with Gasteiger partial charge >= 0.3 is 0 Å². The van der Waals surface area contributed by atoms with Crippen LogP contribution in [0.4, 0.5) is 0 Å². The van der Waals surface area contributed by atoms with Crippen molar-refractivity contribution in [2.45, 2.75) is 19.9 Å². The third kappa shape index (κ3) is 5.77. The van der Waals surface area contributed by atoms with Gasteiger partial charge in [-0.1, -0.05) is 13.8 Å². The molecule has 1 aliphatic rings. The Balaban J connectivity index is 2.12. The second-order valence-corrected chi connectivity index (χ2v) is 9.13. The van der Waals surface area contributed by atoms with Crippen molar-refractivity contribution in [2.24, 2.45) is 5.92 Å². The number of amides is 1. The fourth-order valence-electron chi connectivity index (χ4n) is 3.92. The Hall–Kier alpha value is -3.52. The predicted molar refractivity (Wildman–Crippen MR) is 134 cm³/mol. The summed E-state index contributed by atoms with van der Waals surface area (Å²) in [6.07, 6.45) is 0. The lowest BCUT2D eigenvalue weighted by Crippen LogP contribution is -2.35. The summed E-state index contributed by atoms with van der Waals surface area (Å²) in [5, 5.41) is 11.3. The summed E-state index contributed by atoms with van der Waals surface area (Å²) in [5.74, 6) is 0.408. The predicted octanol–water partition coefficient (Wildman–Crippen LogP) is 3.72. The Morgan fingerprint density at radius 2 is 1.69 bits per heavy atom. The fourth-order valence-corrected chi connectivity index (χ4v) is 3.92. The van der Waals surface area contributed by atoms with Gasteiger partial charge in [-0.25, -0.2) is 0 Å². The number of benzene rings is 2. The second-order valence-electron chi connectivity index (χ2n) is 9.13. The molecule has 1 amide bonds. The maximum absolute atomic E-state index is 13.2. The van der Waals surface area contributed by atoms with E-state index in [1.54, 1.807) is 42.5 Å². The van der Waals surface area contributed by atoms with Gasteiger partial charge in [-0.15, -0.1) is 0 Å². The Morgan fingerprint density at radius 1 is 1.03 bits per heavy atom. The molecule has 3 rings (SSSR count). The van der Waals surface area contributed by atoms with E-state index in [1.165, 1.54) is 19.1 Å². The lowest BCUT2D eigenvalue weighted by Gasteiger charge is -2.28. The Kier molecular flexibility index (Phi) is 8.40. The molecule has 0 bridgehead atoms. The molecule has 1 atom stereocenters. The van der Waals surface area contributed by atoms with Crippen LogP contribution < -0.4 is 14.2 Å². The molecule has 2 aromatic rings. The van der Waals surface area contributed by atoms with Gasteiger partial charge in [0.15, 0.2) is 0 Å². The fraction of sp³-hybridized carbons (Fsp3) is 0.407. The van der Waals surface area contributed by atoms with Crippen LogP contribution in [0.1, 0.15) is 31.0 Å². The largest absolute Gasteiger partial charge is 0.507 e. The van der Waals surface area contributed by atoms with Crippen LogP contribution in [0.5, 0.6) is 17.2 Å². The van der Waals surface area contributed by atoms with Crippen molar-refractivity contribution in [3.8, 4) is 17.2 Å². The first-order valence-electron chi connectivity index (χ1n) is 11.6. The highest BCUT2D eigenvalue weighted by molar-refractivity contribution is 6.46. The Bertz CT molecular complexity index is 1090. The van der Waals surface area contributed by atoms with Crippen LogP contribution >= 0.6 is 0 Å². The number of likely N-dealkylation sites (N-methyl/N-ethyl adjacent to an activating group) is 1. The van der Waals surface area contributed by atoms with Crippen LogP contribution in [0.2, 0.25) is 0 Å². The molecule has 1 aliphatic heterocycles. The summed E-state index contributed by atoms with van der Waals surface area (Å²) < 4.78 is 16.7. The first kappa shape index (κ1) is 26.1. The zero-order valence-electron chi connectivity index (χ0n) is 21.2. The molecular weight excluding hydrogens is 448 g/mol. The molecule has 0 radical (unpaired) electrons. The molecule has 0 saturated carbocycles. The van der Waals surface area contributed by atoms with Gasteiger partial charge in [0.1, 0.15) is 23.0 Å². The molecular formula is C27H34N2O6. The molecule has 2 aromatic carbocycles. The number of hydrogen-bond acceptors (Lipinski definition) is 7. The molecule has 1 saturated heterocycles. The van der Waals surface area contributed by atoms with E-state index >= 15 is 0 Å². The van der Waals surface area contributed by atoms with Crippen LogP contribution in [0.25, 0.3) is 5.76 Å². The highest BCUT2D eigenvalue weighted by atomic mass is 16.5. The zero-order valence-corrected chi connectivity index (χ0v) is 21.2. The Morgan fingerprint density at radius 3 is 2.26 bits per heavy atom. The van der Waals surface area contributed by atoms with Crippen LogP contribution in [0, 0.1) is 5.92 Å². The van der Waals surface area contributed by atoms with Gasteiger partial charge in [-0.3, -0.25) is 9.59 Å². The maximum Gasteiger partial charge on any atom is 0.295 e. The van der Waals surface area contributed by atoms with Gasteiger partial charge in [0.05, 0.1) is 32.4 Å². The number of carbonyl (C=O) groups excluding carboxylic acids is 2. The highest BCUT2D eigenvalue weighted by Crippen LogP contribution is 2.43. The molecule has 0 aliphatic carbocycles. The SMILES string of the molecule is COc1ccc(OC)c(C2/C(=C(/O)c3ccc(OCC(C)C)cc3)C(=O)C(=O)N2CCN(C)C)c1. The average Bonchev–Trinajstić information content (AvgIpc) is 3.10. The van der Waals surface area contributed by atoms with Crippen molar-refractivity contribution in [1.29, 1.82) is 0 Å². The van der Waals surface area contributed by atoms with E-state index in [-0.39, 0.29) is 11.3 Å². The number of rotatable bonds is 10. The summed E-state index contributed by atoms with van der Waals surface area (Å²) >= 11 is 0. The van der Waals surface area contributed by atoms with Crippen molar-refractivity contribution >= 4 is 17.4 Å². The number of methoxy groups -OCH3 is 2. The van der Waals surface area contributed by atoms with Gasteiger partial charge in [0.25, 0.3) is 11.7 Å². The van der Waals surface area contributed by atoms with Crippen molar-refractivity contribution in [3.63, 3.8) is 0 Å². The first-order valence-corrected chi connectivity index (χ1v) is 11.6. The molecule has 35 heavy (non-hydrogen) atoms. The smallest absolute Gasteiger partial charge is 0.295 e. The minimum atomic E-state index is -0.836. The molecule has 188 valence electrons. The Labute approximate surface area is 206 Å². The molecule has 0 spiro atoms. The monoisotopic (exact) mass is 482 g/mol. The molecule has 1 N–H and O–H groups in total. The molecule has 1 fully saturated rings. The number of ether oxygens (including phenoxy) is 3. The number of Topliss-reactive ketones (excluding diaryl/α,β-unsaturated/α-hetero) is 1. The number of likely N-dealkylation sites (tertiary alicyclic amines) is 1.